The van der Waals surface area contributed by atoms with Crippen LogP contribution < -0.4 is 5.32 Å². The van der Waals surface area contributed by atoms with Gasteiger partial charge in [0.05, 0.1) is 6.10 Å². The monoisotopic (exact) mass is 199 g/mol. The van der Waals surface area contributed by atoms with Crippen molar-refractivity contribution in [2.45, 2.75) is 32.9 Å². The summed E-state index contributed by atoms with van der Waals surface area (Å²) >= 11 is 1.78. The number of rotatable bonds is 5. The van der Waals surface area contributed by atoms with Gasteiger partial charge in [-0.2, -0.15) is 0 Å². The first-order valence-corrected chi connectivity index (χ1v) is 5.56. The van der Waals surface area contributed by atoms with Crippen molar-refractivity contribution in [2.24, 2.45) is 0 Å². The Morgan fingerprint density at radius 1 is 1.62 bits per heavy atom. The normalized spacial score (nSPS) is 13.2. The molecule has 0 aliphatic rings. The van der Waals surface area contributed by atoms with Crippen LogP contribution in [0.5, 0.6) is 0 Å². The lowest BCUT2D eigenvalue weighted by Crippen LogP contribution is -2.23. The molecule has 13 heavy (non-hydrogen) atoms. The van der Waals surface area contributed by atoms with Crippen LogP contribution in [0.15, 0.2) is 11.4 Å². The van der Waals surface area contributed by atoms with Crippen LogP contribution in [0.4, 0.5) is 0 Å². The van der Waals surface area contributed by atoms with E-state index in [0.29, 0.717) is 6.54 Å². The lowest BCUT2D eigenvalue weighted by atomic mass is 10.2. The number of thiophene rings is 1. The number of aliphatic hydroxyl groups is 1. The van der Waals surface area contributed by atoms with E-state index in [0.717, 1.165) is 13.0 Å². The van der Waals surface area contributed by atoms with E-state index in [-0.39, 0.29) is 6.10 Å². The molecule has 1 atom stereocenters. The van der Waals surface area contributed by atoms with Gasteiger partial charge < -0.3 is 10.4 Å². The Hall–Kier alpha value is -0.380. The summed E-state index contributed by atoms with van der Waals surface area (Å²) in [5.74, 6) is 0. The molecule has 0 aliphatic heterocycles. The van der Waals surface area contributed by atoms with E-state index in [9.17, 15) is 0 Å². The van der Waals surface area contributed by atoms with E-state index in [1.165, 1.54) is 10.4 Å². The second-order valence-corrected chi connectivity index (χ2v) is 4.20. The van der Waals surface area contributed by atoms with Crippen LogP contribution in [0.25, 0.3) is 0 Å². The minimum Gasteiger partial charge on any atom is -0.392 e. The fraction of sp³-hybridized carbons (Fsp3) is 0.600. The van der Waals surface area contributed by atoms with Gasteiger partial charge in [-0.3, -0.25) is 0 Å². The Balaban J connectivity index is 2.36. The number of aliphatic hydroxyl groups excluding tert-OH is 1. The van der Waals surface area contributed by atoms with Gasteiger partial charge in [0.1, 0.15) is 0 Å². The standard InChI is InChI=1S/C10H17NOS/c1-3-9-4-5-13-10(9)7-11-6-8(2)12/h4-5,8,11-12H,3,6-7H2,1-2H3/t8-/m1/s1. The van der Waals surface area contributed by atoms with Crippen LogP contribution in [0.1, 0.15) is 24.3 Å². The Morgan fingerprint density at radius 2 is 2.38 bits per heavy atom. The summed E-state index contributed by atoms with van der Waals surface area (Å²) in [6, 6.07) is 2.17. The molecule has 0 aromatic carbocycles. The van der Waals surface area contributed by atoms with Gasteiger partial charge in [0.2, 0.25) is 0 Å². The highest BCUT2D eigenvalue weighted by Gasteiger charge is 2.02. The molecule has 0 aliphatic carbocycles. The number of nitrogens with one attached hydrogen (secondary N) is 1. The van der Waals surface area contributed by atoms with Crippen molar-refractivity contribution in [3.8, 4) is 0 Å². The zero-order valence-electron chi connectivity index (χ0n) is 8.21. The molecule has 0 amide bonds. The second kappa shape index (κ2) is 5.37. The van der Waals surface area contributed by atoms with Gasteiger partial charge in [-0.05, 0) is 30.4 Å². The summed E-state index contributed by atoms with van der Waals surface area (Å²) in [6.45, 7) is 5.51. The topological polar surface area (TPSA) is 32.3 Å². The van der Waals surface area contributed by atoms with Crippen molar-refractivity contribution in [3.05, 3.63) is 21.9 Å². The van der Waals surface area contributed by atoms with Gasteiger partial charge in [0.15, 0.2) is 0 Å². The molecule has 1 heterocycles. The van der Waals surface area contributed by atoms with Crippen LogP contribution in [0, 0.1) is 0 Å². The van der Waals surface area contributed by atoms with E-state index in [4.69, 9.17) is 5.11 Å². The molecule has 3 heteroatoms. The maximum Gasteiger partial charge on any atom is 0.0636 e. The van der Waals surface area contributed by atoms with E-state index >= 15 is 0 Å². The highest BCUT2D eigenvalue weighted by atomic mass is 32.1. The fourth-order valence-corrected chi connectivity index (χ4v) is 2.18. The third kappa shape index (κ3) is 3.46. The Morgan fingerprint density at radius 3 is 3.00 bits per heavy atom. The molecule has 0 radical (unpaired) electrons. The van der Waals surface area contributed by atoms with Crippen molar-refractivity contribution in [1.29, 1.82) is 0 Å². The van der Waals surface area contributed by atoms with Gasteiger partial charge in [-0.25, -0.2) is 0 Å². The first-order chi connectivity index (χ1) is 6.24. The van der Waals surface area contributed by atoms with E-state index in [2.05, 4.69) is 23.7 Å². The zero-order valence-corrected chi connectivity index (χ0v) is 9.03. The van der Waals surface area contributed by atoms with Crippen LogP contribution in [-0.4, -0.2) is 17.8 Å². The SMILES string of the molecule is CCc1ccsc1CNC[C@@H](C)O. The molecule has 2 N–H and O–H groups in total. The van der Waals surface area contributed by atoms with E-state index < -0.39 is 0 Å². The maximum atomic E-state index is 9.05. The lowest BCUT2D eigenvalue weighted by molar-refractivity contribution is 0.191. The van der Waals surface area contributed by atoms with Gasteiger partial charge in [-0.15, -0.1) is 11.3 Å². The molecular weight excluding hydrogens is 182 g/mol. The largest absolute Gasteiger partial charge is 0.392 e. The van der Waals surface area contributed by atoms with Crippen LogP contribution in [0.2, 0.25) is 0 Å². The van der Waals surface area contributed by atoms with Crippen molar-refractivity contribution in [3.63, 3.8) is 0 Å². The summed E-state index contributed by atoms with van der Waals surface area (Å²) in [4.78, 5) is 1.39. The Labute approximate surface area is 83.6 Å². The van der Waals surface area contributed by atoms with E-state index in [1.807, 2.05) is 0 Å². The van der Waals surface area contributed by atoms with Crippen molar-refractivity contribution >= 4 is 11.3 Å². The fourth-order valence-electron chi connectivity index (χ4n) is 1.23. The number of aryl methyl sites for hydroxylation is 1. The molecule has 0 bridgehead atoms. The van der Waals surface area contributed by atoms with Crippen molar-refractivity contribution < 1.29 is 5.11 Å². The highest BCUT2D eigenvalue weighted by molar-refractivity contribution is 7.10. The van der Waals surface area contributed by atoms with Gasteiger partial charge in [-0.1, -0.05) is 6.92 Å². The number of hydrogen-bond donors (Lipinski definition) is 2. The summed E-state index contributed by atoms with van der Waals surface area (Å²) in [5, 5.41) is 14.4. The van der Waals surface area contributed by atoms with Crippen LogP contribution >= 0.6 is 11.3 Å². The smallest absolute Gasteiger partial charge is 0.0636 e. The molecule has 2 nitrogen and oxygen atoms in total. The molecule has 1 rings (SSSR count). The Kier molecular flexibility index (Phi) is 4.42. The molecule has 0 spiro atoms. The number of hydrogen-bond acceptors (Lipinski definition) is 3. The summed E-state index contributed by atoms with van der Waals surface area (Å²) in [6.07, 6.45) is 0.833. The van der Waals surface area contributed by atoms with Crippen LogP contribution in [-0.2, 0) is 13.0 Å². The third-order valence-electron chi connectivity index (χ3n) is 1.94. The van der Waals surface area contributed by atoms with Crippen LogP contribution in [0.3, 0.4) is 0 Å². The molecular formula is C10H17NOS. The quantitative estimate of drug-likeness (QED) is 0.757. The average Bonchev–Trinajstić information content (AvgIpc) is 2.51. The van der Waals surface area contributed by atoms with Gasteiger partial charge in [0, 0.05) is 18.0 Å². The second-order valence-electron chi connectivity index (χ2n) is 3.20. The summed E-state index contributed by atoms with van der Waals surface area (Å²) in [5.41, 5.74) is 1.42. The van der Waals surface area contributed by atoms with Gasteiger partial charge in [0.25, 0.3) is 0 Å². The predicted octanol–water partition coefficient (Wildman–Crippen LogP) is 1.78. The molecule has 74 valence electrons. The minimum atomic E-state index is -0.259. The molecule has 0 fully saturated rings. The molecule has 0 unspecified atom stereocenters. The predicted molar refractivity (Wildman–Crippen MR) is 57.1 cm³/mol. The lowest BCUT2D eigenvalue weighted by Gasteiger charge is -2.06. The molecule has 0 saturated heterocycles. The first kappa shape index (κ1) is 10.7. The van der Waals surface area contributed by atoms with Crippen molar-refractivity contribution in [1.82, 2.24) is 5.32 Å². The Bertz CT molecular complexity index is 245. The summed E-state index contributed by atoms with van der Waals surface area (Å²) < 4.78 is 0. The molecule has 1 aromatic rings. The zero-order chi connectivity index (χ0) is 9.68. The minimum absolute atomic E-state index is 0.259. The summed E-state index contributed by atoms with van der Waals surface area (Å²) in [7, 11) is 0. The third-order valence-corrected chi connectivity index (χ3v) is 2.91. The first-order valence-electron chi connectivity index (χ1n) is 4.68. The average molecular weight is 199 g/mol. The van der Waals surface area contributed by atoms with Gasteiger partial charge >= 0.3 is 0 Å². The molecule has 0 saturated carbocycles. The molecule has 1 aromatic heterocycles. The van der Waals surface area contributed by atoms with Crippen molar-refractivity contribution in [2.75, 3.05) is 6.54 Å². The highest BCUT2D eigenvalue weighted by Crippen LogP contribution is 2.16. The maximum absolute atomic E-state index is 9.05. The van der Waals surface area contributed by atoms with E-state index in [1.54, 1.807) is 18.3 Å².